The van der Waals surface area contributed by atoms with Crippen LogP contribution in [0.3, 0.4) is 0 Å². The lowest BCUT2D eigenvalue weighted by molar-refractivity contribution is 0.233. The van der Waals surface area contributed by atoms with E-state index >= 15 is 0 Å². The molecule has 0 spiro atoms. The predicted molar refractivity (Wildman–Crippen MR) is 51.6 cm³/mol. The van der Waals surface area contributed by atoms with Gasteiger partial charge in [-0.2, -0.15) is 0 Å². The van der Waals surface area contributed by atoms with E-state index in [1.165, 1.54) is 6.42 Å². The molecule has 1 aliphatic rings. The van der Waals surface area contributed by atoms with E-state index in [-0.39, 0.29) is 11.7 Å². The van der Waals surface area contributed by atoms with Crippen molar-refractivity contribution < 1.29 is 0 Å². The highest BCUT2D eigenvalue weighted by molar-refractivity contribution is 4.95. The highest BCUT2D eigenvalue weighted by atomic mass is 16.1. The van der Waals surface area contributed by atoms with E-state index in [1.54, 1.807) is 12.1 Å². The zero-order valence-corrected chi connectivity index (χ0v) is 7.81. The van der Waals surface area contributed by atoms with E-state index < -0.39 is 0 Å². The van der Waals surface area contributed by atoms with Crippen LogP contribution in [0.2, 0.25) is 0 Å². The minimum atomic E-state index is 0.0984. The van der Waals surface area contributed by atoms with E-state index in [0.717, 1.165) is 13.0 Å². The van der Waals surface area contributed by atoms with Crippen molar-refractivity contribution in [1.82, 2.24) is 9.47 Å². The van der Waals surface area contributed by atoms with Crippen LogP contribution in [-0.4, -0.2) is 23.1 Å². The second kappa shape index (κ2) is 3.34. The summed E-state index contributed by atoms with van der Waals surface area (Å²) in [6, 6.07) is 5.31. The minimum absolute atomic E-state index is 0.0984. The second-order valence-corrected chi connectivity index (χ2v) is 3.55. The van der Waals surface area contributed by atoms with E-state index in [2.05, 4.69) is 11.9 Å². The summed E-state index contributed by atoms with van der Waals surface area (Å²) in [5.41, 5.74) is 0.0984. The van der Waals surface area contributed by atoms with Crippen molar-refractivity contribution in [3.63, 3.8) is 0 Å². The number of hydrogen-bond donors (Lipinski definition) is 0. The van der Waals surface area contributed by atoms with Gasteiger partial charge in [-0.1, -0.05) is 6.07 Å². The molecule has 1 unspecified atom stereocenters. The molecule has 0 N–H and O–H groups in total. The molecule has 13 heavy (non-hydrogen) atoms. The lowest BCUT2D eigenvalue weighted by Gasteiger charge is -2.21. The average molecular weight is 178 g/mol. The van der Waals surface area contributed by atoms with Crippen LogP contribution in [0.5, 0.6) is 0 Å². The Balaban J connectivity index is 2.35. The zero-order chi connectivity index (χ0) is 9.26. The molecule has 0 aromatic carbocycles. The summed E-state index contributed by atoms with van der Waals surface area (Å²) < 4.78 is 1.81. The van der Waals surface area contributed by atoms with Crippen LogP contribution < -0.4 is 5.56 Å². The number of nitrogens with zero attached hydrogens (tertiary/aromatic N) is 2. The Bertz CT molecular complexity index is 345. The molecule has 1 atom stereocenters. The lowest BCUT2D eigenvalue weighted by atomic mass is 10.3. The molecular formula is C10H14N2O. The van der Waals surface area contributed by atoms with Crippen molar-refractivity contribution in [3.05, 3.63) is 34.7 Å². The van der Waals surface area contributed by atoms with Crippen molar-refractivity contribution in [2.24, 2.45) is 0 Å². The van der Waals surface area contributed by atoms with Crippen LogP contribution in [0.1, 0.15) is 19.0 Å². The van der Waals surface area contributed by atoms with Crippen LogP contribution in [0.4, 0.5) is 0 Å². The van der Waals surface area contributed by atoms with Crippen molar-refractivity contribution >= 4 is 0 Å². The second-order valence-electron chi connectivity index (χ2n) is 3.55. The molecule has 0 amide bonds. The fourth-order valence-corrected chi connectivity index (χ4v) is 1.93. The molecule has 3 heteroatoms. The minimum Gasteiger partial charge on any atom is -0.299 e. The van der Waals surface area contributed by atoms with Gasteiger partial charge in [0.2, 0.25) is 0 Å². The zero-order valence-electron chi connectivity index (χ0n) is 7.81. The smallest absolute Gasteiger partial charge is 0.251 e. The molecule has 1 aromatic rings. The van der Waals surface area contributed by atoms with Gasteiger partial charge >= 0.3 is 0 Å². The van der Waals surface area contributed by atoms with Gasteiger partial charge in [0.1, 0.15) is 0 Å². The van der Waals surface area contributed by atoms with E-state index in [1.807, 2.05) is 16.8 Å². The Hall–Kier alpha value is -1.09. The van der Waals surface area contributed by atoms with Crippen molar-refractivity contribution in [3.8, 4) is 0 Å². The number of aromatic nitrogens is 1. The quantitative estimate of drug-likeness (QED) is 0.642. The van der Waals surface area contributed by atoms with Crippen molar-refractivity contribution in [1.29, 1.82) is 0 Å². The fourth-order valence-electron chi connectivity index (χ4n) is 1.93. The standard InChI is InChI=1S/C10H14N2O/c1-11-7-4-5-9(11)12-8-3-2-6-10(12)13/h2-3,6,8-9H,4-5,7H2,1H3. The van der Waals surface area contributed by atoms with Crippen LogP contribution in [-0.2, 0) is 0 Å². The van der Waals surface area contributed by atoms with Gasteiger partial charge in [0.15, 0.2) is 0 Å². The molecule has 1 saturated heterocycles. The first-order chi connectivity index (χ1) is 6.29. The topological polar surface area (TPSA) is 25.2 Å². The number of likely N-dealkylation sites (tertiary alicyclic amines) is 1. The summed E-state index contributed by atoms with van der Waals surface area (Å²) in [6.45, 7) is 1.09. The molecule has 1 aliphatic heterocycles. The summed E-state index contributed by atoms with van der Waals surface area (Å²) >= 11 is 0. The van der Waals surface area contributed by atoms with E-state index in [9.17, 15) is 4.79 Å². The normalized spacial score (nSPS) is 23.6. The third-order valence-corrected chi connectivity index (χ3v) is 2.65. The number of pyridine rings is 1. The third-order valence-electron chi connectivity index (χ3n) is 2.65. The predicted octanol–water partition coefficient (Wildman–Crippen LogP) is 1.07. The Morgan fingerprint density at radius 2 is 2.31 bits per heavy atom. The Labute approximate surface area is 77.6 Å². The van der Waals surface area contributed by atoms with Crippen LogP contribution >= 0.6 is 0 Å². The fraction of sp³-hybridized carbons (Fsp3) is 0.500. The first-order valence-electron chi connectivity index (χ1n) is 4.66. The van der Waals surface area contributed by atoms with Gasteiger partial charge in [-0.3, -0.25) is 14.3 Å². The molecule has 70 valence electrons. The molecule has 3 nitrogen and oxygen atoms in total. The van der Waals surface area contributed by atoms with Gasteiger partial charge in [-0.25, -0.2) is 0 Å². The van der Waals surface area contributed by atoms with Crippen molar-refractivity contribution in [2.75, 3.05) is 13.6 Å². The molecule has 0 bridgehead atoms. The van der Waals surface area contributed by atoms with Gasteiger partial charge in [-0.05, 0) is 32.5 Å². The highest BCUT2D eigenvalue weighted by Gasteiger charge is 2.22. The largest absolute Gasteiger partial charge is 0.299 e. The molecule has 1 fully saturated rings. The third kappa shape index (κ3) is 1.52. The molecule has 0 aliphatic carbocycles. The maximum Gasteiger partial charge on any atom is 0.251 e. The van der Waals surface area contributed by atoms with Gasteiger partial charge in [0.05, 0.1) is 6.17 Å². The van der Waals surface area contributed by atoms with Crippen LogP contribution in [0.15, 0.2) is 29.2 Å². The van der Waals surface area contributed by atoms with E-state index in [0.29, 0.717) is 0 Å². The summed E-state index contributed by atoms with van der Waals surface area (Å²) in [7, 11) is 2.07. The molecule has 2 rings (SSSR count). The Morgan fingerprint density at radius 3 is 2.92 bits per heavy atom. The molecule has 2 heterocycles. The maximum absolute atomic E-state index is 11.5. The lowest BCUT2D eigenvalue weighted by Crippen LogP contribution is -2.30. The van der Waals surface area contributed by atoms with Crippen LogP contribution in [0.25, 0.3) is 0 Å². The molecular weight excluding hydrogens is 164 g/mol. The molecule has 0 radical (unpaired) electrons. The number of rotatable bonds is 1. The summed E-state index contributed by atoms with van der Waals surface area (Å²) in [6.07, 6.45) is 4.41. The average Bonchev–Trinajstić information content (AvgIpc) is 2.52. The maximum atomic E-state index is 11.5. The Morgan fingerprint density at radius 1 is 1.46 bits per heavy atom. The van der Waals surface area contributed by atoms with E-state index in [4.69, 9.17) is 0 Å². The van der Waals surface area contributed by atoms with Gasteiger partial charge in [-0.15, -0.1) is 0 Å². The highest BCUT2D eigenvalue weighted by Crippen LogP contribution is 2.22. The first-order valence-corrected chi connectivity index (χ1v) is 4.66. The molecule has 0 saturated carbocycles. The van der Waals surface area contributed by atoms with Gasteiger partial charge in [0.25, 0.3) is 5.56 Å². The number of hydrogen-bond acceptors (Lipinski definition) is 2. The Kier molecular flexibility index (Phi) is 2.19. The van der Waals surface area contributed by atoms with Gasteiger partial charge < -0.3 is 0 Å². The SMILES string of the molecule is CN1CCCC1n1ccccc1=O. The molecule has 1 aromatic heterocycles. The van der Waals surface area contributed by atoms with Crippen molar-refractivity contribution in [2.45, 2.75) is 19.0 Å². The van der Waals surface area contributed by atoms with Crippen LogP contribution in [0, 0.1) is 0 Å². The summed E-state index contributed by atoms with van der Waals surface area (Å²) in [4.78, 5) is 13.7. The first kappa shape index (κ1) is 8.51. The van der Waals surface area contributed by atoms with Gasteiger partial charge in [0, 0.05) is 12.3 Å². The summed E-state index contributed by atoms with van der Waals surface area (Å²) in [5, 5.41) is 0. The summed E-state index contributed by atoms with van der Waals surface area (Å²) in [5.74, 6) is 0. The monoisotopic (exact) mass is 178 g/mol.